The van der Waals surface area contributed by atoms with Crippen LogP contribution in [0, 0.1) is 5.82 Å². The Morgan fingerprint density at radius 1 is 1.15 bits per heavy atom. The molecule has 1 N–H and O–H groups in total. The SMILES string of the molecule is COc1cc(O)c2c(=O)cc(-c3ccc(F)cc3)oc2c1N1CCCC1. The third-order valence-electron chi connectivity index (χ3n) is 4.69. The number of rotatable bonds is 3. The minimum atomic E-state index is -0.367. The molecule has 1 aliphatic rings. The van der Waals surface area contributed by atoms with Gasteiger partial charge in [0.05, 0.1) is 7.11 Å². The largest absolute Gasteiger partial charge is 0.507 e. The van der Waals surface area contributed by atoms with Crippen LogP contribution in [0.5, 0.6) is 11.5 Å². The van der Waals surface area contributed by atoms with Crippen molar-refractivity contribution in [2.24, 2.45) is 0 Å². The molecule has 4 rings (SSSR count). The second kappa shape index (κ2) is 6.37. The lowest BCUT2D eigenvalue weighted by molar-refractivity contribution is 0.408. The smallest absolute Gasteiger partial charge is 0.197 e. The molecule has 26 heavy (non-hydrogen) atoms. The van der Waals surface area contributed by atoms with Gasteiger partial charge in [0.15, 0.2) is 11.0 Å². The molecule has 0 unspecified atom stereocenters. The molecular formula is C20H18FNO4. The number of hydrogen-bond donors (Lipinski definition) is 1. The van der Waals surface area contributed by atoms with E-state index in [0.29, 0.717) is 22.8 Å². The summed E-state index contributed by atoms with van der Waals surface area (Å²) in [5.41, 5.74) is 1.18. The Bertz CT molecular complexity index is 1020. The molecule has 1 aliphatic heterocycles. The molecule has 0 atom stereocenters. The van der Waals surface area contributed by atoms with Crippen LogP contribution in [-0.2, 0) is 0 Å². The van der Waals surface area contributed by atoms with Gasteiger partial charge in [-0.2, -0.15) is 0 Å². The second-order valence-corrected chi connectivity index (χ2v) is 6.33. The first-order valence-electron chi connectivity index (χ1n) is 8.47. The Balaban J connectivity index is 2.02. The third-order valence-corrected chi connectivity index (χ3v) is 4.69. The van der Waals surface area contributed by atoms with Gasteiger partial charge in [0.1, 0.15) is 34.2 Å². The third kappa shape index (κ3) is 2.67. The van der Waals surface area contributed by atoms with E-state index >= 15 is 0 Å². The topological polar surface area (TPSA) is 62.9 Å². The molecule has 2 heterocycles. The van der Waals surface area contributed by atoms with Gasteiger partial charge in [0.25, 0.3) is 0 Å². The minimum absolute atomic E-state index is 0.124. The lowest BCUT2D eigenvalue weighted by Crippen LogP contribution is -2.19. The monoisotopic (exact) mass is 355 g/mol. The zero-order valence-electron chi connectivity index (χ0n) is 14.3. The first-order valence-corrected chi connectivity index (χ1v) is 8.47. The lowest BCUT2D eigenvalue weighted by atomic mass is 10.1. The summed E-state index contributed by atoms with van der Waals surface area (Å²) in [7, 11) is 1.52. The molecule has 0 saturated carbocycles. The predicted molar refractivity (Wildman–Crippen MR) is 97.5 cm³/mol. The van der Waals surface area contributed by atoms with E-state index in [1.807, 2.05) is 0 Å². The number of phenols is 1. The Labute approximate surface area is 149 Å². The van der Waals surface area contributed by atoms with Gasteiger partial charge in [-0.25, -0.2) is 4.39 Å². The van der Waals surface area contributed by atoms with Crippen molar-refractivity contribution in [3.8, 4) is 22.8 Å². The fraction of sp³-hybridized carbons (Fsp3) is 0.250. The van der Waals surface area contributed by atoms with Crippen molar-refractivity contribution in [3.05, 3.63) is 52.4 Å². The Morgan fingerprint density at radius 2 is 1.85 bits per heavy atom. The maximum absolute atomic E-state index is 13.2. The summed E-state index contributed by atoms with van der Waals surface area (Å²) in [5.74, 6) is 0.222. The van der Waals surface area contributed by atoms with Crippen molar-refractivity contribution in [3.63, 3.8) is 0 Å². The van der Waals surface area contributed by atoms with E-state index in [4.69, 9.17) is 9.15 Å². The zero-order chi connectivity index (χ0) is 18.3. The van der Waals surface area contributed by atoms with E-state index in [9.17, 15) is 14.3 Å². The molecule has 1 aromatic heterocycles. The molecule has 1 fully saturated rings. The van der Waals surface area contributed by atoms with Gasteiger partial charge in [0, 0.05) is 30.8 Å². The van der Waals surface area contributed by atoms with E-state index in [1.54, 1.807) is 12.1 Å². The first-order chi connectivity index (χ1) is 12.6. The van der Waals surface area contributed by atoms with Crippen LogP contribution in [0.15, 0.2) is 45.6 Å². The van der Waals surface area contributed by atoms with Gasteiger partial charge in [-0.15, -0.1) is 0 Å². The number of phenolic OH excluding ortho intramolecular Hbond substituents is 1. The van der Waals surface area contributed by atoms with Gasteiger partial charge >= 0.3 is 0 Å². The first kappa shape index (κ1) is 16.4. The quantitative estimate of drug-likeness (QED) is 0.772. The summed E-state index contributed by atoms with van der Waals surface area (Å²) in [6.07, 6.45) is 2.07. The molecule has 2 aromatic carbocycles. The van der Waals surface area contributed by atoms with Crippen LogP contribution in [0.25, 0.3) is 22.3 Å². The van der Waals surface area contributed by atoms with Crippen molar-refractivity contribution in [2.75, 3.05) is 25.1 Å². The van der Waals surface area contributed by atoms with Crippen molar-refractivity contribution in [2.45, 2.75) is 12.8 Å². The molecule has 0 bridgehead atoms. The minimum Gasteiger partial charge on any atom is -0.507 e. The van der Waals surface area contributed by atoms with Crippen LogP contribution < -0.4 is 15.1 Å². The molecule has 1 saturated heterocycles. The Kier molecular flexibility index (Phi) is 4.03. The van der Waals surface area contributed by atoms with E-state index in [0.717, 1.165) is 25.9 Å². The summed E-state index contributed by atoms with van der Waals surface area (Å²) >= 11 is 0. The Hall–Kier alpha value is -3.02. The summed E-state index contributed by atoms with van der Waals surface area (Å²) < 4.78 is 24.7. The number of anilines is 1. The Morgan fingerprint density at radius 3 is 2.50 bits per heavy atom. The number of fused-ring (bicyclic) bond motifs is 1. The molecule has 5 nitrogen and oxygen atoms in total. The number of nitrogens with zero attached hydrogens (tertiary/aromatic N) is 1. The fourth-order valence-corrected chi connectivity index (χ4v) is 3.43. The summed E-state index contributed by atoms with van der Waals surface area (Å²) in [4.78, 5) is 14.8. The standard InChI is InChI=1S/C20H18FNO4/c1-25-17-11-15(24)18-14(23)10-16(12-4-6-13(21)7-5-12)26-20(18)19(17)22-8-2-3-9-22/h4-7,10-11,24H,2-3,8-9H2,1H3. The lowest BCUT2D eigenvalue weighted by Gasteiger charge is -2.22. The summed E-state index contributed by atoms with van der Waals surface area (Å²) in [6.45, 7) is 1.64. The number of methoxy groups -OCH3 is 1. The molecule has 0 spiro atoms. The van der Waals surface area contributed by atoms with Crippen molar-refractivity contribution in [1.82, 2.24) is 0 Å². The predicted octanol–water partition coefficient (Wildman–Crippen LogP) is 3.91. The molecule has 0 radical (unpaired) electrons. The maximum atomic E-state index is 13.2. The van der Waals surface area contributed by atoms with E-state index < -0.39 is 0 Å². The van der Waals surface area contributed by atoms with Gasteiger partial charge in [0.2, 0.25) is 0 Å². The highest BCUT2D eigenvalue weighted by atomic mass is 19.1. The molecular weight excluding hydrogens is 337 g/mol. The van der Waals surface area contributed by atoms with Crippen LogP contribution in [0.4, 0.5) is 10.1 Å². The van der Waals surface area contributed by atoms with Crippen molar-refractivity contribution < 1.29 is 18.7 Å². The van der Waals surface area contributed by atoms with Crippen LogP contribution in [0.2, 0.25) is 0 Å². The highest BCUT2D eigenvalue weighted by Crippen LogP contribution is 2.42. The average molecular weight is 355 g/mol. The van der Waals surface area contributed by atoms with Crippen molar-refractivity contribution in [1.29, 1.82) is 0 Å². The number of halogens is 1. The van der Waals surface area contributed by atoms with Gasteiger partial charge in [-0.05, 0) is 37.1 Å². The summed E-state index contributed by atoms with van der Waals surface area (Å²) in [6, 6.07) is 8.48. The molecule has 0 aliphatic carbocycles. The molecule has 134 valence electrons. The number of hydrogen-bond acceptors (Lipinski definition) is 5. The van der Waals surface area contributed by atoms with E-state index in [-0.39, 0.29) is 28.0 Å². The normalized spacial score (nSPS) is 14.2. The van der Waals surface area contributed by atoms with Crippen LogP contribution >= 0.6 is 0 Å². The fourth-order valence-electron chi connectivity index (χ4n) is 3.43. The van der Waals surface area contributed by atoms with Gasteiger partial charge < -0.3 is 19.2 Å². The zero-order valence-corrected chi connectivity index (χ0v) is 14.3. The number of aromatic hydroxyl groups is 1. The van der Waals surface area contributed by atoms with Crippen LogP contribution in [-0.4, -0.2) is 25.3 Å². The molecule has 6 heteroatoms. The second-order valence-electron chi connectivity index (χ2n) is 6.33. The van der Waals surface area contributed by atoms with Gasteiger partial charge in [-0.3, -0.25) is 4.79 Å². The van der Waals surface area contributed by atoms with Crippen LogP contribution in [0.3, 0.4) is 0 Å². The number of benzene rings is 2. The van der Waals surface area contributed by atoms with Crippen LogP contribution in [0.1, 0.15) is 12.8 Å². The number of ether oxygens (including phenoxy) is 1. The highest BCUT2D eigenvalue weighted by molar-refractivity contribution is 5.97. The highest BCUT2D eigenvalue weighted by Gasteiger charge is 2.25. The van der Waals surface area contributed by atoms with E-state index in [1.165, 1.54) is 31.4 Å². The van der Waals surface area contributed by atoms with Gasteiger partial charge in [-0.1, -0.05) is 0 Å². The average Bonchev–Trinajstić information content (AvgIpc) is 3.15. The summed E-state index contributed by atoms with van der Waals surface area (Å²) in [5, 5.41) is 10.4. The molecule has 0 amide bonds. The molecule has 3 aromatic rings. The maximum Gasteiger partial charge on any atom is 0.197 e. The van der Waals surface area contributed by atoms with Crippen molar-refractivity contribution >= 4 is 16.7 Å². The van der Waals surface area contributed by atoms with E-state index in [2.05, 4.69) is 4.90 Å².